The van der Waals surface area contributed by atoms with Gasteiger partial charge in [0.05, 0.1) is 11.8 Å². The van der Waals surface area contributed by atoms with Crippen LogP contribution in [-0.4, -0.2) is 29.1 Å². The van der Waals surface area contributed by atoms with Crippen molar-refractivity contribution in [2.75, 3.05) is 13.2 Å². The molecule has 5 nitrogen and oxygen atoms in total. The Bertz CT molecular complexity index is 624. The Balaban J connectivity index is 1.91. The number of aliphatic hydroxyl groups excluding tert-OH is 1. The molecule has 2 rings (SSSR count). The quantitative estimate of drug-likeness (QED) is 0.812. The van der Waals surface area contributed by atoms with Crippen LogP contribution < -0.4 is 5.32 Å². The van der Waals surface area contributed by atoms with Gasteiger partial charge in [-0.15, -0.1) is 0 Å². The number of hydrogen-bond donors (Lipinski definition) is 2. The molecular weight excluding hydrogens is 256 g/mol. The molecule has 0 aromatic carbocycles. The van der Waals surface area contributed by atoms with E-state index >= 15 is 0 Å². The van der Waals surface area contributed by atoms with Gasteiger partial charge in [-0.05, 0) is 18.2 Å². The number of amides is 1. The molecule has 0 spiro atoms. The van der Waals surface area contributed by atoms with E-state index in [2.05, 4.69) is 22.1 Å². The molecule has 2 aromatic rings. The van der Waals surface area contributed by atoms with E-state index in [9.17, 15) is 4.79 Å². The topological polar surface area (TPSA) is 75.4 Å². The van der Waals surface area contributed by atoms with E-state index in [0.717, 1.165) is 5.76 Å². The number of hydrogen-bond acceptors (Lipinski definition) is 4. The maximum absolute atomic E-state index is 11.9. The highest BCUT2D eigenvalue weighted by atomic mass is 16.3. The summed E-state index contributed by atoms with van der Waals surface area (Å²) in [6.07, 6.45) is 5.26. The smallest absolute Gasteiger partial charge is 0.252 e. The number of nitrogens with one attached hydrogen (secondary N) is 1. The van der Waals surface area contributed by atoms with E-state index in [1.54, 1.807) is 18.5 Å². The van der Waals surface area contributed by atoms with Crippen LogP contribution in [0.25, 0.3) is 0 Å². The maximum Gasteiger partial charge on any atom is 0.252 e. The van der Waals surface area contributed by atoms with Gasteiger partial charge in [0.15, 0.2) is 0 Å². The predicted molar refractivity (Wildman–Crippen MR) is 72.9 cm³/mol. The minimum absolute atomic E-state index is 0.211. The van der Waals surface area contributed by atoms with Gasteiger partial charge in [-0.2, -0.15) is 0 Å². The molecule has 0 aliphatic rings. The summed E-state index contributed by atoms with van der Waals surface area (Å²) in [5.74, 6) is 5.84. The van der Waals surface area contributed by atoms with Gasteiger partial charge in [0.1, 0.15) is 12.4 Å². The molecule has 0 radical (unpaired) electrons. The Morgan fingerprint density at radius 2 is 2.35 bits per heavy atom. The monoisotopic (exact) mass is 270 g/mol. The summed E-state index contributed by atoms with van der Waals surface area (Å²) in [5, 5.41) is 11.4. The van der Waals surface area contributed by atoms with Crippen LogP contribution in [0, 0.1) is 11.8 Å². The third-order valence-corrected chi connectivity index (χ3v) is 2.55. The first-order chi connectivity index (χ1) is 9.79. The second-order valence-corrected chi connectivity index (χ2v) is 4.01. The van der Waals surface area contributed by atoms with Gasteiger partial charge in [-0.1, -0.05) is 11.8 Å². The fourth-order valence-corrected chi connectivity index (χ4v) is 1.63. The van der Waals surface area contributed by atoms with Crippen molar-refractivity contribution in [3.05, 3.63) is 53.7 Å². The largest absolute Gasteiger partial charge is 0.469 e. The predicted octanol–water partition coefficient (Wildman–Crippen LogP) is 0.991. The molecule has 0 aliphatic carbocycles. The lowest BCUT2D eigenvalue weighted by atomic mass is 10.2. The number of aliphatic hydroxyl groups is 1. The van der Waals surface area contributed by atoms with E-state index in [-0.39, 0.29) is 12.5 Å². The number of carbonyl (C=O) groups excluding carboxylic acids is 1. The molecule has 5 heteroatoms. The Kier molecular flexibility index (Phi) is 4.93. The van der Waals surface area contributed by atoms with E-state index in [4.69, 9.17) is 9.52 Å². The minimum atomic E-state index is -0.223. The molecule has 2 heterocycles. The van der Waals surface area contributed by atoms with E-state index in [1.807, 2.05) is 12.1 Å². The molecule has 0 unspecified atom stereocenters. The zero-order chi connectivity index (χ0) is 14.2. The molecule has 0 saturated carbocycles. The van der Waals surface area contributed by atoms with Crippen LogP contribution in [0.3, 0.4) is 0 Å². The van der Waals surface area contributed by atoms with Crippen LogP contribution in [0.5, 0.6) is 0 Å². The zero-order valence-electron chi connectivity index (χ0n) is 10.8. The van der Waals surface area contributed by atoms with Crippen molar-refractivity contribution in [2.45, 2.75) is 6.42 Å². The number of pyridine rings is 1. The number of rotatable bonds is 4. The lowest BCUT2D eigenvalue weighted by molar-refractivity contribution is 0.0953. The first-order valence-electron chi connectivity index (χ1n) is 6.15. The van der Waals surface area contributed by atoms with Crippen LogP contribution in [0.4, 0.5) is 0 Å². The molecule has 20 heavy (non-hydrogen) atoms. The number of carbonyl (C=O) groups is 1. The van der Waals surface area contributed by atoms with E-state index < -0.39 is 0 Å². The molecule has 0 bridgehead atoms. The molecule has 0 aliphatic heterocycles. The van der Waals surface area contributed by atoms with Gasteiger partial charge in [0, 0.05) is 30.9 Å². The third kappa shape index (κ3) is 3.97. The van der Waals surface area contributed by atoms with Gasteiger partial charge >= 0.3 is 0 Å². The normalized spacial score (nSPS) is 9.65. The van der Waals surface area contributed by atoms with Crippen molar-refractivity contribution in [2.24, 2.45) is 0 Å². The summed E-state index contributed by atoms with van der Waals surface area (Å²) in [5.41, 5.74) is 1.03. The molecule has 0 fully saturated rings. The van der Waals surface area contributed by atoms with Crippen molar-refractivity contribution in [1.29, 1.82) is 0 Å². The van der Waals surface area contributed by atoms with Gasteiger partial charge in [-0.3, -0.25) is 9.78 Å². The molecule has 2 N–H and O–H groups in total. The molecule has 0 atom stereocenters. The SMILES string of the molecule is O=C(NCCc1ccco1)c1cncc(C#CCO)c1. The van der Waals surface area contributed by atoms with Crippen LogP contribution in [0.15, 0.2) is 41.3 Å². The van der Waals surface area contributed by atoms with Gasteiger partial charge in [-0.25, -0.2) is 0 Å². The summed E-state index contributed by atoms with van der Waals surface area (Å²) < 4.78 is 5.18. The van der Waals surface area contributed by atoms with Gasteiger partial charge in [0.2, 0.25) is 0 Å². The highest BCUT2D eigenvalue weighted by molar-refractivity contribution is 5.94. The number of aromatic nitrogens is 1. The van der Waals surface area contributed by atoms with E-state index in [1.165, 1.54) is 6.20 Å². The molecule has 2 aromatic heterocycles. The molecule has 0 saturated heterocycles. The lowest BCUT2D eigenvalue weighted by Crippen LogP contribution is -2.25. The lowest BCUT2D eigenvalue weighted by Gasteiger charge is -2.04. The van der Waals surface area contributed by atoms with E-state index in [0.29, 0.717) is 24.1 Å². The first kappa shape index (κ1) is 13.8. The fraction of sp³-hybridized carbons (Fsp3) is 0.200. The highest BCUT2D eigenvalue weighted by Crippen LogP contribution is 2.03. The van der Waals surface area contributed by atoms with Crippen molar-refractivity contribution >= 4 is 5.91 Å². The van der Waals surface area contributed by atoms with Crippen LogP contribution in [-0.2, 0) is 6.42 Å². The standard InChI is InChI=1S/C15H14N2O3/c18-7-1-3-12-9-13(11-16-10-12)15(19)17-6-5-14-4-2-8-20-14/h2,4,8-11,18H,5-7H2,(H,17,19). The van der Waals surface area contributed by atoms with Gasteiger partial charge < -0.3 is 14.8 Å². The number of nitrogens with zero attached hydrogens (tertiary/aromatic N) is 1. The van der Waals surface area contributed by atoms with Crippen LogP contribution in [0.2, 0.25) is 0 Å². The van der Waals surface area contributed by atoms with Crippen LogP contribution >= 0.6 is 0 Å². The van der Waals surface area contributed by atoms with Gasteiger partial charge in [0.25, 0.3) is 5.91 Å². The summed E-state index contributed by atoms with van der Waals surface area (Å²) in [6, 6.07) is 5.31. The van der Waals surface area contributed by atoms with Crippen LogP contribution in [0.1, 0.15) is 21.7 Å². The summed E-state index contributed by atoms with van der Waals surface area (Å²) in [4.78, 5) is 15.9. The Hall–Kier alpha value is -2.58. The molecular formula is C15H14N2O3. The molecule has 102 valence electrons. The second kappa shape index (κ2) is 7.12. The summed E-state index contributed by atoms with van der Waals surface area (Å²) in [7, 11) is 0. The number of furan rings is 1. The average molecular weight is 270 g/mol. The first-order valence-corrected chi connectivity index (χ1v) is 6.15. The maximum atomic E-state index is 11.9. The Morgan fingerprint density at radius 1 is 1.45 bits per heavy atom. The zero-order valence-corrected chi connectivity index (χ0v) is 10.8. The average Bonchev–Trinajstić information content (AvgIpc) is 2.98. The summed E-state index contributed by atoms with van der Waals surface area (Å²) >= 11 is 0. The Morgan fingerprint density at radius 3 is 3.10 bits per heavy atom. The second-order valence-electron chi connectivity index (χ2n) is 4.01. The molecule has 1 amide bonds. The Labute approximate surface area is 116 Å². The van der Waals surface area contributed by atoms with Crippen molar-refractivity contribution in [3.63, 3.8) is 0 Å². The van der Waals surface area contributed by atoms with Crippen molar-refractivity contribution < 1.29 is 14.3 Å². The van der Waals surface area contributed by atoms with Crippen molar-refractivity contribution in [1.82, 2.24) is 10.3 Å². The highest BCUT2D eigenvalue weighted by Gasteiger charge is 2.06. The summed E-state index contributed by atoms with van der Waals surface area (Å²) in [6.45, 7) is 0.262. The van der Waals surface area contributed by atoms with Crippen molar-refractivity contribution in [3.8, 4) is 11.8 Å². The minimum Gasteiger partial charge on any atom is -0.469 e. The third-order valence-electron chi connectivity index (χ3n) is 2.55. The fourth-order valence-electron chi connectivity index (χ4n) is 1.63.